The molecule has 0 aromatic heterocycles. The molecular formula is C19H15BrClF3N2O2. The number of carbonyl (C=O) groups is 2. The smallest absolute Gasteiger partial charge is 0.327 e. The van der Waals surface area contributed by atoms with Gasteiger partial charge in [-0.25, -0.2) is 0 Å². The Morgan fingerprint density at radius 2 is 1.89 bits per heavy atom. The molecule has 2 amide bonds. The van der Waals surface area contributed by atoms with E-state index in [0.717, 1.165) is 27.9 Å². The van der Waals surface area contributed by atoms with Crippen LogP contribution in [-0.4, -0.2) is 36.3 Å². The van der Waals surface area contributed by atoms with Crippen LogP contribution in [0.25, 0.3) is 0 Å². The number of hydrogen-bond acceptors (Lipinski definition) is 2. The van der Waals surface area contributed by atoms with Crippen molar-refractivity contribution in [2.45, 2.75) is 13.1 Å². The van der Waals surface area contributed by atoms with Gasteiger partial charge in [0.2, 0.25) is 5.91 Å². The Kier molecular flexibility index (Phi) is 5.72. The predicted molar refractivity (Wildman–Crippen MR) is 104 cm³/mol. The van der Waals surface area contributed by atoms with Gasteiger partial charge in [0, 0.05) is 23.2 Å². The fraction of sp³-hybridized carbons (Fsp3) is 0.263. The highest BCUT2D eigenvalue weighted by atomic mass is 79.9. The van der Waals surface area contributed by atoms with Crippen LogP contribution in [0.1, 0.15) is 21.5 Å². The van der Waals surface area contributed by atoms with Crippen molar-refractivity contribution in [3.63, 3.8) is 0 Å². The van der Waals surface area contributed by atoms with E-state index in [4.69, 9.17) is 11.6 Å². The first-order chi connectivity index (χ1) is 13.1. The van der Waals surface area contributed by atoms with Crippen molar-refractivity contribution in [3.05, 3.63) is 62.6 Å². The van der Waals surface area contributed by atoms with Gasteiger partial charge in [-0.3, -0.25) is 9.59 Å². The average molecular weight is 476 g/mol. The van der Waals surface area contributed by atoms with Gasteiger partial charge in [-0.05, 0) is 36.8 Å². The summed E-state index contributed by atoms with van der Waals surface area (Å²) in [6, 6.07) is 8.72. The van der Waals surface area contributed by atoms with Crippen LogP contribution in [0, 0.1) is 6.92 Å². The summed E-state index contributed by atoms with van der Waals surface area (Å²) >= 11 is 9.21. The van der Waals surface area contributed by atoms with Gasteiger partial charge in [0.1, 0.15) is 6.54 Å². The Labute approximate surface area is 173 Å². The summed E-state index contributed by atoms with van der Waals surface area (Å²) in [5.41, 5.74) is 0.284. The zero-order valence-electron chi connectivity index (χ0n) is 14.7. The van der Waals surface area contributed by atoms with Crippen LogP contribution >= 0.6 is 27.5 Å². The van der Waals surface area contributed by atoms with Crippen molar-refractivity contribution in [1.82, 2.24) is 4.90 Å². The number of amides is 2. The third-order valence-corrected chi connectivity index (χ3v) is 5.40. The molecule has 0 spiro atoms. The number of nitrogens with zero attached hydrogens (tertiary/aromatic N) is 2. The number of alkyl halides is 3. The third kappa shape index (κ3) is 4.03. The molecule has 4 nitrogen and oxygen atoms in total. The Hall–Kier alpha value is -2.06. The molecule has 0 bridgehead atoms. The molecule has 3 rings (SSSR count). The lowest BCUT2D eigenvalue weighted by molar-refractivity contribution is -0.137. The maximum atomic E-state index is 13.0. The lowest BCUT2D eigenvalue weighted by Crippen LogP contribution is -2.52. The fourth-order valence-electron chi connectivity index (χ4n) is 3.06. The molecule has 0 N–H and O–H groups in total. The maximum Gasteiger partial charge on any atom is 0.417 e. The van der Waals surface area contributed by atoms with Crippen LogP contribution in [0.15, 0.2) is 40.9 Å². The third-order valence-electron chi connectivity index (χ3n) is 4.50. The van der Waals surface area contributed by atoms with E-state index in [9.17, 15) is 22.8 Å². The summed E-state index contributed by atoms with van der Waals surface area (Å²) < 4.78 is 39.9. The van der Waals surface area contributed by atoms with Crippen molar-refractivity contribution in [2.24, 2.45) is 0 Å². The first kappa shape index (κ1) is 20.7. The monoisotopic (exact) mass is 474 g/mol. The van der Waals surface area contributed by atoms with Crippen LogP contribution in [0.2, 0.25) is 5.02 Å². The van der Waals surface area contributed by atoms with E-state index in [1.165, 1.54) is 11.0 Å². The molecule has 1 fully saturated rings. The van der Waals surface area contributed by atoms with Crippen molar-refractivity contribution < 1.29 is 22.8 Å². The van der Waals surface area contributed by atoms with E-state index in [1.54, 1.807) is 4.90 Å². The number of anilines is 1. The molecule has 1 aliphatic rings. The molecule has 28 heavy (non-hydrogen) atoms. The number of piperazine rings is 1. The molecule has 9 heteroatoms. The van der Waals surface area contributed by atoms with Gasteiger partial charge in [0.25, 0.3) is 5.91 Å². The van der Waals surface area contributed by atoms with E-state index in [2.05, 4.69) is 15.9 Å². The molecule has 0 radical (unpaired) electrons. The van der Waals surface area contributed by atoms with Gasteiger partial charge in [-0.1, -0.05) is 39.7 Å². The molecule has 0 unspecified atom stereocenters. The van der Waals surface area contributed by atoms with Crippen molar-refractivity contribution in [1.29, 1.82) is 0 Å². The second-order valence-electron chi connectivity index (χ2n) is 6.37. The number of benzene rings is 2. The van der Waals surface area contributed by atoms with E-state index in [0.29, 0.717) is 0 Å². The first-order valence-corrected chi connectivity index (χ1v) is 9.48. The van der Waals surface area contributed by atoms with Crippen LogP contribution in [-0.2, 0) is 11.0 Å². The Morgan fingerprint density at radius 1 is 1.18 bits per heavy atom. The number of carbonyl (C=O) groups excluding carboxylic acids is 2. The van der Waals surface area contributed by atoms with E-state index < -0.39 is 22.7 Å². The van der Waals surface area contributed by atoms with Crippen LogP contribution in [0.4, 0.5) is 18.9 Å². The minimum absolute atomic E-state index is 0.184. The van der Waals surface area contributed by atoms with Crippen molar-refractivity contribution >= 4 is 45.0 Å². The van der Waals surface area contributed by atoms with Crippen LogP contribution in [0.3, 0.4) is 0 Å². The Bertz CT molecular complexity index is 949. The Balaban J connectivity index is 1.82. The number of rotatable bonds is 2. The minimum Gasteiger partial charge on any atom is -0.327 e. The fourth-order valence-corrected chi connectivity index (χ4v) is 3.72. The molecular weight excluding hydrogens is 461 g/mol. The summed E-state index contributed by atoms with van der Waals surface area (Å²) in [4.78, 5) is 28.1. The molecule has 1 heterocycles. The molecule has 0 saturated carbocycles. The lowest BCUT2D eigenvalue weighted by atomic mass is 10.1. The predicted octanol–water partition coefficient (Wildman–Crippen LogP) is 4.92. The maximum absolute atomic E-state index is 13.0. The van der Waals surface area contributed by atoms with Gasteiger partial charge in [-0.2, -0.15) is 13.2 Å². The van der Waals surface area contributed by atoms with E-state index in [1.807, 2.05) is 25.1 Å². The van der Waals surface area contributed by atoms with E-state index >= 15 is 0 Å². The summed E-state index contributed by atoms with van der Waals surface area (Å²) in [5.74, 6) is -1.01. The average Bonchev–Trinajstić information content (AvgIpc) is 2.62. The van der Waals surface area contributed by atoms with Crippen molar-refractivity contribution in [3.8, 4) is 0 Å². The van der Waals surface area contributed by atoms with Crippen LogP contribution < -0.4 is 4.90 Å². The van der Waals surface area contributed by atoms with Gasteiger partial charge in [0.15, 0.2) is 0 Å². The zero-order chi connectivity index (χ0) is 20.6. The minimum atomic E-state index is -4.67. The van der Waals surface area contributed by atoms with Crippen molar-refractivity contribution in [2.75, 3.05) is 24.5 Å². The summed E-state index contributed by atoms with van der Waals surface area (Å²) in [5, 5.41) is -0.655. The van der Waals surface area contributed by atoms with Crippen LogP contribution in [0.5, 0.6) is 0 Å². The van der Waals surface area contributed by atoms with E-state index in [-0.39, 0.29) is 31.1 Å². The lowest BCUT2D eigenvalue weighted by Gasteiger charge is -2.35. The second-order valence-corrected chi connectivity index (χ2v) is 7.66. The van der Waals surface area contributed by atoms with Gasteiger partial charge in [0.05, 0.1) is 16.1 Å². The first-order valence-electron chi connectivity index (χ1n) is 8.31. The molecule has 0 atom stereocenters. The number of halogens is 5. The molecule has 1 aliphatic heterocycles. The molecule has 2 aromatic rings. The Morgan fingerprint density at radius 3 is 2.54 bits per heavy atom. The largest absolute Gasteiger partial charge is 0.417 e. The van der Waals surface area contributed by atoms with Gasteiger partial charge in [-0.15, -0.1) is 0 Å². The molecule has 2 aromatic carbocycles. The summed E-state index contributed by atoms with van der Waals surface area (Å²) in [7, 11) is 0. The topological polar surface area (TPSA) is 40.6 Å². The zero-order valence-corrected chi connectivity index (χ0v) is 17.0. The highest BCUT2D eigenvalue weighted by Gasteiger charge is 2.36. The summed E-state index contributed by atoms with van der Waals surface area (Å²) in [6.07, 6.45) is -4.67. The summed E-state index contributed by atoms with van der Waals surface area (Å²) in [6.45, 7) is 2.05. The SMILES string of the molecule is Cc1ccc(Br)cc1N1CCN(C(=O)c2cccc(C(F)(F)F)c2Cl)CC1=O. The highest BCUT2D eigenvalue weighted by molar-refractivity contribution is 9.10. The highest BCUT2D eigenvalue weighted by Crippen LogP contribution is 2.36. The molecule has 1 saturated heterocycles. The number of aryl methyl sites for hydroxylation is 1. The molecule has 0 aliphatic carbocycles. The normalized spacial score (nSPS) is 15.1. The molecule has 148 valence electrons. The van der Waals surface area contributed by atoms with Gasteiger partial charge >= 0.3 is 6.18 Å². The van der Waals surface area contributed by atoms with Gasteiger partial charge < -0.3 is 9.80 Å². The quantitative estimate of drug-likeness (QED) is 0.619. The number of hydrogen-bond donors (Lipinski definition) is 0. The second kappa shape index (κ2) is 7.75. The standard InChI is InChI=1S/C19H15BrClF3N2O2/c1-11-5-6-12(20)9-15(11)26-8-7-25(10-16(26)27)18(28)13-3-2-4-14(17(13)21)19(22,23)24/h2-6,9H,7-8,10H2,1H3.